The molecule has 2 aromatic carbocycles. The first-order valence-corrected chi connectivity index (χ1v) is 10.5. The lowest BCUT2D eigenvalue weighted by atomic mass is 10.1. The average molecular weight is 384 g/mol. The number of hydrogen-bond donors (Lipinski definition) is 1. The fraction of sp³-hybridized carbons (Fsp3) is 0.300. The number of amides is 1. The Kier molecular flexibility index (Phi) is 5.77. The number of carbonyl (C=O) groups excluding carboxylic acids is 1. The van der Waals surface area contributed by atoms with Crippen LogP contribution in [0, 0.1) is 17.2 Å². The van der Waals surface area contributed by atoms with Crippen LogP contribution in [0.25, 0.3) is 0 Å². The van der Waals surface area contributed by atoms with E-state index in [-0.39, 0.29) is 29.9 Å². The molecule has 1 aliphatic heterocycles. The van der Waals surface area contributed by atoms with E-state index >= 15 is 0 Å². The Bertz CT molecular complexity index is 979. The van der Waals surface area contributed by atoms with E-state index in [0.717, 1.165) is 5.56 Å². The Hall–Kier alpha value is -2.85. The molecule has 1 aliphatic rings. The Morgan fingerprint density at radius 3 is 2.78 bits per heavy atom. The predicted molar refractivity (Wildman–Crippen MR) is 101 cm³/mol. The Morgan fingerprint density at radius 2 is 2.04 bits per heavy atom. The van der Waals surface area contributed by atoms with Crippen LogP contribution in [0.15, 0.2) is 48.5 Å². The lowest BCUT2D eigenvalue weighted by Crippen LogP contribution is -2.29. The monoisotopic (exact) mass is 384 g/mol. The molecular weight excluding hydrogens is 364 g/mol. The van der Waals surface area contributed by atoms with Crippen molar-refractivity contribution < 1.29 is 17.9 Å². The van der Waals surface area contributed by atoms with Crippen LogP contribution in [-0.2, 0) is 16.4 Å². The molecule has 0 aliphatic carbocycles. The van der Waals surface area contributed by atoms with E-state index in [2.05, 4.69) is 11.4 Å². The molecule has 1 atom stereocenters. The van der Waals surface area contributed by atoms with Gasteiger partial charge in [0.05, 0.1) is 23.1 Å². The van der Waals surface area contributed by atoms with Gasteiger partial charge in [-0.05, 0) is 36.6 Å². The molecule has 1 unspecified atom stereocenters. The molecule has 2 aromatic rings. The minimum Gasteiger partial charge on any atom is -0.489 e. The fourth-order valence-corrected chi connectivity index (χ4v) is 4.88. The summed E-state index contributed by atoms with van der Waals surface area (Å²) in [5.74, 6) is 0.567. The number of benzene rings is 2. The van der Waals surface area contributed by atoms with Gasteiger partial charge in [-0.1, -0.05) is 24.3 Å². The van der Waals surface area contributed by atoms with Gasteiger partial charge in [-0.3, -0.25) is 4.79 Å². The maximum atomic E-state index is 12.3. The number of ether oxygens (including phenoxy) is 1. The summed E-state index contributed by atoms with van der Waals surface area (Å²) in [6.45, 7) is 0.577. The second-order valence-electron chi connectivity index (χ2n) is 6.56. The number of rotatable bonds is 6. The van der Waals surface area contributed by atoms with E-state index in [1.807, 2.05) is 12.1 Å². The molecule has 1 fully saturated rings. The van der Waals surface area contributed by atoms with Crippen LogP contribution in [0.5, 0.6) is 5.75 Å². The maximum Gasteiger partial charge on any atom is 0.251 e. The van der Waals surface area contributed by atoms with Gasteiger partial charge < -0.3 is 10.1 Å². The predicted octanol–water partition coefficient (Wildman–Crippen LogP) is 2.30. The molecule has 0 radical (unpaired) electrons. The van der Waals surface area contributed by atoms with E-state index in [1.54, 1.807) is 36.4 Å². The average Bonchev–Trinajstić information content (AvgIpc) is 3.03. The van der Waals surface area contributed by atoms with Crippen molar-refractivity contribution in [1.29, 1.82) is 5.26 Å². The van der Waals surface area contributed by atoms with Gasteiger partial charge in [0.1, 0.15) is 12.4 Å². The molecule has 0 bridgehead atoms. The van der Waals surface area contributed by atoms with Crippen LogP contribution in [-0.4, -0.2) is 32.4 Å². The lowest BCUT2D eigenvalue weighted by molar-refractivity contribution is 0.0948. The van der Waals surface area contributed by atoms with E-state index in [4.69, 9.17) is 10.00 Å². The third-order valence-corrected chi connectivity index (χ3v) is 6.34. The molecule has 3 rings (SSSR count). The zero-order chi connectivity index (χ0) is 19.3. The molecule has 0 aromatic heterocycles. The highest BCUT2D eigenvalue weighted by Crippen LogP contribution is 2.19. The van der Waals surface area contributed by atoms with Crippen molar-refractivity contribution in [3.05, 3.63) is 65.2 Å². The number of nitrogens with zero attached hydrogens (tertiary/aromatic N) is 1. The molecule has 140 valence electrons. The van der Waals surface area contributed by atoms with Gasteiger partial charge >= 0.3 is 0 Å². The standard InChI is InChI=1S/C20H20N2O4S/c21-11-17-4-1-2-5-18(17)13-26-19-7-3-6-16(10-19)20(23)22-12-15-8-9-27(24,25)14-15/h1-7,10,15H,8-9,12-14H2,(H,22,23). The van der Waals surface area contributed by atoms with Gasteiger partial charge in [-0.25, -0.2) is 8.42 Å². The van der Waals surface area contributed by atoms with Crippen molar-refractivity contribution in [2.75, 3.05) is 18.1 Å². The Labute approximate surface area is 158 Å². The van der Waals surface area contributed by atoms with Gasteiger partial charge in [-0.2, -0.15) is 5.26 Å². The minimum atomic E-state index is -2.95. The second kappa shape index (κ2) is 8.23. The summed E-state index contributed by atoms with van der Waals surface area (Å²) in [5.41, 5.74) is 1.78. The van der Waals surface area contributed by atoms with Gasteiger partial charge in [0.25, 0.3) is 5.91 Å². The molecule has 1 amide bonds. The highest BCUT2D eigenvalue weighted by atomic mass is 32.2. The minimum absolute atomic E-state index is 0.0270. The first kappa shape index (κ1) is 18.9. The van der Waals surface area contributed by atoms with Crippen molar-refractivity contribution in [3.8, 4) is 11.8 Å². The van der Waals surface area contributed by atoms with Crippen LogP contribution in [0.2, 0.25) is 0 Å². The van der Waals surface area contributed by atoms with Crippen molar-refractivity contribution in [1.82, 2.24) is 5.32 Å². The molecule has 1 heterocycles. The third kappa shape index (κ3) is 5.08. The highest BCUT2D eigenvalue weighted by Gasteiger charge is 2.28. The molecule has 7 heteroatoms. The topological polar surface area (TPSA) is 96.3 Å². The first-order valence-electron chi connectivity index (χ1n) is 8.66. The summed E-state index contributed by atoms with van der Waals surface area (Å²) in [4.78, 5) is 12.3. The second-order valence-corrected chi connectivity index (χ2v) is 8.79. The van der Waals surface area contributed by atoms with E-state index in [9.17, 15) is 13.2 Å². The Morgan fingerprint density at radius 1 is 1.22 bits per heavy atom. The summed E-state index contributed by atoms with van der Waals surface area (Å²) in [6, 6.07) is 16.1. The van der Waals surface area contributed by atoms with Gasteiger partial charge in [0.2, 0.25) is 0 Å². The summed E-state index contributed by atoms with van der Waals surface area (Å²) in [5, 5.41) is 11.9. The quantitative estimate of drug-likeness (QED) is 0.824. The first-order chi connectivity index (χ1) is 13.0. The maximum absolute atomic E-state index is 12.3. The van der Waals surface area contributed by atoms with Crippen LogP contribution in [0.1, 0.15) is 27.9 Å². The molecule has 27 heavy (non-hydrogen) atoms. The molecule has 0 saturated carbocycles. The molecule has 1 saturated heterocycles. The van der Waals surface area contributed by atoms with Gasteiger partial charge in [-0.15, -0.1) is 0 Å². The van der Waals surface area contributed by atoms with Crippen LogP contribution in [0.3, 0.4) is 0 Å². The van der Waals surface area contributed by atoms with Gasteiger partial charge in [0.15, 0.2) is 9.84 Å². The largest absolute Gasteiger partial charge is 0.489 e. The van der Waals surface area contributed by atoms with Crippen molar-refractivity contribution in [3.63, 3.8) is 0 Å². The number of hydrogen-bond acceptors (Lipinski definition) is 5. The van der Waals surface area contributed by atoms with Gasteiger partial charge in [0, 0.05) is 17.7 Å². The van der Waals surface area contributed by atoms with Crippen LogP contribution < -0.4 is 10.1 Å². The number of carbonyl (C=O) groups is 1. The summed E-state index contributed by atoms with van der Waals surface area (Å²) < 4.78 is 28.7. The summed E-state index contributed by atoms with van der Waals surface area (Å²) in [6.07, 6.45) is 0.587. The lowest BCUT2D eigenvalue weighted by Gasteiger charge is -2.11. The zero-order valence-corrected chi connectivity index (χ0v) is 15.5. The molecule has 1 N–H and O–H groups in total. The molecule has 0 spiro atoms. The van der Waals surface area contributed by atoms with E-state index in [0.29, 0.717) is 29.8 Å². The van der Waals surface area contributed by atoms with Crippen molar-refractivity contribution in [2.24, 2.45) is 5.92 Å². The third-order valence-electron chi connectivity index (χ3n) is 4.51. The summed E-state index contributed by atoms with van der Waals surface area (Å²) in [7, 11) is -2.95. The number of nitrogens with one attached hydrogen (secondary N) is 1. The van der Waals surface area contributed by atoms with Crippen LogP contribution >= 0.6 is 0 Å². The highest BCUT2D eigenvalue weighted by molar-refractivity contribution is 7.91. The zero-order valence-electron chi connectivity index (χ0n) is 14.7. The number of sulfone groups is 1. The molecule has 6 nitrogen and oxygen atoms in total. The van der Waals surface area contributed by atoms with Crippen molar-refractivity contribution in [2.45, 2.75) is 13.0 Å². The summed E-state index contributed by atoms with van der Waals surface area (Å²) >= 11 is 0. The van der Waals surface area contributed by atoms with E-state index < -0.39 is 9.84 Å². The SMILES string of the molecule is N#Cc1ccccc1COc1cccc(C(=O)NCC2CCS(=O)(=O)C2)c1. The normalized spacial score (nSPS) is 17.8. The number of nitriles is 1. The fourth-order valence-electron chi connectivity index (χ4n) is 3.02. The smallest absolute Gasteiger partial charge is 0.251 e. The van der Waals surface area contributed by atoms with E-state index in [1.165, 1.54) is 0 Å². The Balaban J connectivity index is 1.58. The molecular formula is C20H20N2O4S. The van der Waals surface area contributed by atoms with Crippen LogP contribution in [0.4, 0.5) is 0 Å². The van der Waals surface area contributed by atoms with Crippen molar-refractivity contribution >= 4 is 15.7 Å².